The molecule has 2 heterocycles. The molecule has 1 aromatic carbocycles. The number of esters is 1. The van der Waals surface area contributed by atoms with Gasteiger partial charge in [-0.2, -0.15) is 5.26 Å². The maximum atomic E-state index is 12.1. The fraction of sp³-hybridized carbons (Fsp3) is 0.227. The van der Waals surface area contributed by atoms with E-state index >= 15 is 0 Å². The number of carbonyl (C=O) groups excluding carboxylic acids is 1. The van der Waals surface area contributed by atoms with Gasteiger partial charge in [-0.25, -0.2) is 4.79 Å². The van der Waals surface area contributed by atoms with Crippen LogP contribution in [0.25, 0.3) is 11.1 Å². The average Bonchev–Trinajstić information content (AvgIpc) is 3.21. The monoisotopic (exact) mass is 408 g/mol. The number of methoxy groups -OCH3 is 1. The Hall–Kier alpha value is -3.99. The highest BCUT2D eigenvalue weighted by atomic mass is 16.5. The number of aryl methyl sites for hydroxylation is 1. The molecule has 0 unspecified atom stereocenters. The summed E-state index contributed by atoms with van der Waals surface area (Å²) in [4.78, 5) is 26.2. The van der Waals surface area contributed by atoms with Gasteiger partial charge in [0.15, 0.2) is 11.5 Å². The Kier molecular flexibility index (Phi) is 6.23. The normalized spacial score (nSPS) is 10.3. The quantitative estimate of drug-likeness (QED) is 0.594. The van der Waals surface area contributed by atoms with Gasteiger partial charge < -0.3 is 23.6 Å². The molecule has 3 rings (SSSR count). The van der Waals surface area contributed by atoms with E-state index in [4.69, 9.17) is 13.9 Å². The van der Waals surface area contributed by atoms with Gasteiger partial charge in [0.05, 0.1) is 13.7 Å². The highest BCUT2D eigenvalue weighted by Gasteiger charge is 2.15. The average molecular weight is 408 g/mol. The molecule has 0 aliphatic heterocycles. The van der Waals surface area contributed by atoms with Gasteiger partial charge in [0, 0.05) is 11.3 Å². The minimum Gasteiger partial charge on any atom is -0.490 e. The van der Waals surface area contributed by atoms with Crippen molar-refractivity contribution < 1.29 is 23.4 Å². The zero-order valence-electron chi connectivity index (χ0n) is 16.8. The lowest BCUT2D eigenvalue weighted by Crippen LogP contribution is -2.12. The van der Waals surface area contributed by atoms with Crippen molar-refractivity contribution in [2.75, 3.05) is 13.7 Å². The maximum Gasteiger partial charge on any atom is 0.373 e. The summed E-state index contributed by atoms with van der Waals surface area (Å²) in [6.07, 6.45) is 0. The van der Waals surface area contributed by atoms with E-state index in [1.165, 1.54) is 13.2 Å². The first kappa shape index (κ1) is 20.7. The van der Waals surface area contributed by atoms with Crippen LogP contribution in [0.2, 0.25) is 0 Å². The van der Waals surface area contributed by atoms with Gasteiger partial charge in [-0.3, -0.25) is 4.79 Å². The van der Waals surface area contributed by atoms with Gasteiger partial charge >= 0.3 is 5.97 Å². The van der Waals surface area contributed by atoms with Crippen molar-refractivity contribution in [2.45, 2.75) is 20.5 Å². The Bertz CT molecular complexity index is 1170. The van der Waals surface area contributed by atoms with E-state index in [9.17, 15) is 14.9 Å². The first-order valence-electron chi connectivity index (χ1n) is 9.17. The smallest absolute Gasteiger partial charge is 0.373 e. The molecular weight excluding hydrogens is 388 g/mol. The number of pyridine rings is 1. The van der Waals surface area contributed by atoms with E-state index in [2.05, 4.69) is 9.72 Å². The Morgan fingerprint density at radius 3 is 2.67 bits per heavy atom. The Morgan fingerprint density at radius 1 is 1.17 bits per heavy atom. The molecule has 0 aliphatic carbocycles. The fourth-order valence-corrected chi connectivity index (χ4v) is 2.91. The maximum absolute atomic E-state index is 12.1. The molecule has 0 saturated heterocycles. The van der Waals surface area contributed by atoms with Crippen molar-refractivity contribution in [3.63, 3.8) is 0 Å². The van der Waals surface area contributed by atoms with Crippen LogP contribution in [-0.2, 0) is 11.3 Å². The Morgan fingerprint density at radius 2 is 1.97 bits per heavy atom. The summed E-state index contributed by atoms with van der Waals surface area (Å²) in [5, 5.41) is 9.38. The SMILES string of the molecule is CCOc1cc(-c2cc(C)[nH]c(=O)c2C#N)ccc1OCc1ccc(C(=O)OC)o1. The third kappa shape index (κ3) is 4.36. The predicted molar refractivity (Wildman–Crippen MR) is 107 cm³/mol. The highest BCUT2D eigenvalue weighted by Crippen LogP contribution is 2.34. The van der Waals surface area contributed by atoms with Gasteiger partial charge in [0.1, 0.15) is 24.0 Å². The van der Waals surface area contributed by atoms with Crippen molar-refractivity contribution in [2.24, 2.45) is 0 Å². The molecule has 0 bridgehead atoms. The Labute approximate surface area is 172 Å². The van der Waals surface area contributed by atoms with Gasteiger partial charge in [-0.1, -0.05) is 6.07 Å². The largest absolute Gasteiger partial charge is 0.490 e. The van der Waals surface area contributed by atoms with Crippen molar-refractivity contribution in [1.29, 1.82) is 5.26 Å². The van der Waals surface area contributed by atoms with Gasteiger partial charge in [0.2, 0.25) is 5.76 Å². The second kappa shape index (κ2) is 9.01. The van der Waals surface area contributed by atoms with E-state index < -0.39 is 11.5 Å². The van der Waals surface area contributed by atoms with E-state index in [-0.39, 0.29) is 17.9 Å². The minimum absolute atomic E-state index is 0.0302. The number of ether oxygens (including phenoxy) is 3. The lowest BCUT2D eigenvalue weighted by atomic mass is 10.0. The number of nitrogens with one attached hydrogen (secondary N) is 1. The van der Waals surface area contributed by atoms with Crippen LogP contribution in [0, 0.1) is 18.3 Å². The summed E-state index contributed by atoms with van der Waals surface area (Å²) >= 11 is 0. The number of benzene rings is 1. The van der Waals surface area contributed by atoms with Crippen LogP contribution in [0.4, 0.5) is 0 Å². The molecule has 30 heavy (non-hydrogen) atoms. The van der Waals surface area contributed by atoms with Gasteiger partial charge in [0.25, 0.3) is 5.56 Å². The fourth-order valence-electron chi connectivity index (χ4n) is 2.91. The van der Waals surface area contributed by atoms with Gasteiger partial charge in [-0.15, -0.1) is 0 Å². The molecule has 1 N–H and O–H groups in total. The molecule has 3 aromatic rings. The second-order valence-corrected chi connectivity index (χ2v) is 6.32. The number of hydrogen-bond donors (Lipinski definition) is 1. The molecular formula is C22H20N2O6. The third-order valence-corrected chi connectivity index (χ3v) is 4.25. The Balaban J connectivity index is 1.89. The van der Waals surface area contributed by atoms with Crippen molar-refractivity contribution in [3.8, 4) is 28.7 Å². The lowest BCUT2D eigenvalue weighted by molar-refractivity contribution is 0.0561. The van der Waals surface area contributed by atoms with Crippen LogP contribution in [0.3, 0.4) is 0 Å². The van der Waals surface area contributed by atoms with E-state index in [1.54, 1.807) is 37.3 Å². The summed E-state index contributed by atoms with van der Waals surface area (Å²) in [6.45, 7) is 4.05. The topological polar surface area (TPSA) is 115 Å². The van der Waals surface area contributed by atoms with E-state index in [1.807, 2.05) is 13.0 Å². The number of furan rings is 1. The van der Waals surface area contributed by atoms with Crippen LogP contribution in [0.1, 0.15) is 34.5 Å². The number of aromatic nitrogens is 1. The molecule has 0 amide bonds. The number of hydrogen-bond acceptors (Lipinski definition) is 7. The minimum atomic E-state index is -0.568. The molecule has 0 fully saturated rings. The van der Waals surface area contributed by atoms with E-state index in [0.29, 0.717) is 40.7 Å². The molecule has 8 heteroatoms. The lowest BCUT2D eigenvalue weighted by Gasteiger charge is -2.13. The highest BCUT2D eigenvalue weighted by molar-refractivity contribution is 5.86. The molecule has 2 aromatic heterocycles. The van der Waals surface area contributed by atoms with Crippen molar-refractivity contribution in [1.82, 2.24) is 4.98 Å². The van der Waals surface area contributed by atoms with Crippen LogP contribution in [0.15, 0.2) is 45.6 Å². The summed E-state index contributed by atoms with van der Waals surface area (Å²) in [6, 6.07) is 12.0. The zero-order chi connectivity index (χ0) is 21.7. The summed E-state index contributed by atoms with van der Waals surface area (Å²) in [5.74, 6) is 0.874. The molecule has 154 valence electrons. The molecule has 8 nitrogen and oxygen atoms in total. The number of nitriles is 1. The van der Waals surface area contributed by atoms with Crippen LogP contribution < -0.4 is 15.0 Å². The van der Waals surface area contributed by atoms with Crippen LogP contribution >= 0.6 is 0 Å². The van der Waals surface area contributed by atoms with Crippen LogP contribution in [-0.4, -0.2) is 24.7 Å². The predicted octanol–water partition coefficient (Wildman–Crippen LogP) is 3.58. The summed E-state index contributed by atoms with van der Waals surface area (Å²) in [5.41, 5.74) is 1.40. The standard InChI is InChI=1S/C22H20N2O6/c1-4-28-20-10-14(16-9-13(2)24-21(25)17(16)11-23)5-7-18(20)29-12-15-6-8-19(30-15)22(26)27-3/h5-10H,4,12H2,1-3H3,(H,24,25). The summed E-state index contributed by atoms with van der Waals surface area (Å²) < 4.78 is 21.5. The van der Waals surface area contributed by atoms with Crippen molar-refractivity contribution in [3.05, 3.63) is 69.5 Å². The number of rotatable bonds is 7. The number of nitrogens with zero attached hydrogens (tertiary/aromatic N) is 1. The first-order chi connectivity index (χ1) is 14.5. The molecule has 0 atom stereocenters. The van der Waals surface area contributed by atoms with E-state index in [0.717, 1.165) is 0 Å². The first-order valence-corrected chi connectivity index (χ1v) is 9.17. The molecule has 0 saturated carbocycles. The van der Waals surface area contributed by atoms with Gasteiger partial charge in [-0.05, 0) is 49.7 Å². The van der Waals surface area contributed by atoms with Crippen LogP contribution in [0.5, 0.6) is 11.5 Å². The second-order valence-electron chi connectivity index (χ2n) is 6.32. The summed E-state index contributed by atoms with van der Waals surface area (Å²) in [7, 11) is 1.27. The molecule has 0 radical (unpaired) electrons. The number of aromatic amines is 1. The molecule has 0 spiro atoms. The zero-order valence-corrected chi connectivity index (χ0v) is 16.8. The number of carbonyl (C=O) groups is 1. The third-order valence-electron chi connectivity index (χ3n) is 4.25. The van der Waals surface area contributed by atoms with Crippen molar-refractivity contribution >= 4 is 5.97 Å². The molecule has 0 aliphatic rings. The number of H-pyrrole nitrogens is 1.